The van der Waals surface area contributed by atoms with Crippen LogP contribution in [0, 0.1) is 13.1 Å². The standard InChI is InChI=1S/C30H30I2N2O4/c1-21(7-5-12-28(36)33(15-16-35)19-22-8-3-2-4-9-22)30(38)26-18-25(32)13-14-27(26)34(29(30)37)20-23-10-6-11-24(31)17-23/h2-11,13-14,17-18,21,35,38H,12,15-16,19-20H2,1H3/b7-5+/t21-,30+/m1/s1. The molecule has 198 valence electrons. The maximum absolute atomic E-state index is 13.8. The van der Waals surface area contributed by atoms with Crippen LogP contribution in [0.15, 0.2) is 84.9 Å². The van der Waals surface area contributed by atoms with Gasteiger partial charge in [0.05, 0.1) is 18.8 Å². The molecule has 0 aromatic heterocycles. The second kappa shape index (κ2) is 12.7. The Hall–Kier alpha value is -2.28. The molecular formula is C30H30I2N2O4. The molecule has 2 atom stereocenters. The third-order valence-electron chi connectivity index (χ3n) is 6.78. The molecule has 2 N–H and O–H groups in total. The first-order valence-electron chi connectivity index (χ1n) is 12.4. The summed E-state index contributed by atoms with van der Waals surface area (Å²) in [5.74, 6) is -1.07. The first-order valence-corrected chi connectivity index (χ1v) is 14.6. The molecule has 6 nitrogen and oxygen atoms in total. The van der Waals surface area contributed by atoms with Crippen molar-refractivity contribution < 1.29 is 19.8 Å². The van der Waals surface area contributed by atoms with E-state index < -0.39 is 11.5 Å². The molecule has 4 rings (SSSR count). The fourth-order valence-corrected chi connectivity index (χ4v) is 5.85. The van der Waals surface area contributed by atoms with Gasteiger partial charge in [-0.3, -0.25) is 9.59 Å². The van der Waals surface area contributed by atoms with Crippen LogP contribution in [0.5, 0.6) is 0 Å². The number of hydrogen-bond acceptors (Lipinski definition) is 4. The van der Waals surface area contributed by atoms with Crippen LogP contribution in [0.2, 0.25) is 0 Å². The van der Waals surface area contributed by atoms with E-state index in [-0.39, 0.29) is 31.4 Å². The number of amides is 2. The molecule has 2 amide bonds. The summed E-state index contributed by atoms with van der Waals surface area (Å²) in [6.45, 7) is 2.67. The number of anilines is 1. The van der Waals surface area contributed by atoms with Crippen molar-refractivity contribution in [3.05, 3.63) is 109 Å². The van der Waals surface area contributed by atoms with Crippen molar-refractivity contribution in [1.29, 1.82) is 0 Å². The second-order valence-corrected chi connectivity index (χ2v) is 11.9. The number of aliphatic hydroxyl groups is 2. The van der Waals surface area contributed by atoms with Crippen molar-refractivity contribution in [3.63, 3.8) is 0 Å². The zero-order chi connectivity index (χ0) is 27.3. The number of rotatable bonds is 10. The van der Waals surface area contributed by atoms with Crippen LogP contribution in [0.25, 0.3) is 0 Å². The molecule has 38 heavy (non-hydrogen) atoms. The van der Waals surface area contributed by atoms with E-state index in [4.69, 9.17) is 0 Å². The van der Waals surface area contributed by atoms with Gasteiger partial charge in [0.25, 0.3) is 5.91 Å². The van der Waals surface area contributed by atoms with Gasteiger partial charge in [0, 0.05) is 38.1 Å². The monoisotopic (exact) mass is 736 g/mol. The molecule has 0 spiro atoms. The van der Waals surface area contributed by atoms with E-state index in [2.05, 4.69) is 45.2 Å². The average molecular weight is 736 g/mol. The van der Waals surface area contributed by atoms with Gasteiger partial charge in [0.15, 0.2) is 5.60 Å². The zero-order valence-electron chi connectivity index (χ0n) is 21.1. The molecule has 8 heteroatoms. The number of benzene rings is 3. The van der Waals surface area contributed by atoms with Crippen LogP contribution in [-0.4, -0.2) is 40.1 Å². The van der Waals surface area contributed by atoms with E-state index in [0.717, 1.165) is 18.3 Å². The summed E-state index contributed by atoms with van der Waals surface area (Å²) in [7, 11) is 0. The van der Waals surface area contributed by atoms with E-state index in [1.54, 1.807) is 28.9 Å². The molecule has 0 saturated carbocycles. The molecule has 1 heterocycles. The van der Waals surface area contributed by atoms with Crippen molar-refractivity contribution in [2.45, 2.75) is 32.0 Å². The Morgan fingerprint density at radius 3 is 2.45 bits per heavy atom. The summed E-state index contributed by atoms with van der Waals surface area (Å²) in [5.41, 5.74) is 1.50. The highest BCUT2D eigenvalue weighted by Gasteiger charge is 2.52. The van der Waals surface area contributed by atoms with Gasteiger partial charge in [-0.2, -0.15) is 0 Å². The minimum Gasteiger partial charge on any atom is -0.395 e. The number of hydrogen-bond donors (Lipinski definition) is 2. The molecule has 0 fully saturated rings. The summed E-state index contributed by atoms with van der Waals surface area (Å²) in [5, 5.41) is 21.3. The summed E-state index contributed by atoms with van der Waals surface area (Å²) >= 11 is 4.43. The Morgan fingerprint density at radius 1 is 1.03 bits per heavy atom. The molecule has 0 radical (unpaired) electrons. The van der Waals surface area contributed by atoms with E-state index in [1.165, 1.54) is 0 Å². The Kier molecular flexibility index (Phi) is 9.61. The molecule has 3 aromatic carbocycles. The number of carbonyl (C=O) groups is 2. The van der Waals surface area contributed by atoms with E-state index in [1.807, 2.05) is 72.8 Å². The lowest BCUT2D eigenvalue weighted by Gasteiger charge is -2.28. The minimum atomic E-state index is -1.74. The summed E-state index contributed by atoms with van der Waals surface area (Å²) in [4.78, 5) is 29.9. The van der Waals surface area contributed by atoms with Crippen molar-refractivity contribution in [3.8, 4) is 0 Å². The Bertz CT molecular complexity index is 1330. The van der Waals surface area contributed by atoms with E-state index in [0.29, 0.717) is 24.3 Å². The van der Waals surface area contributed by atoms with Gasteiger partial charge in [0.1, 0.15) is 0 Å². The van der Waals surface area contributed by atoms with Crippen LogP contribution in [-0.2, 0) is 28.3 Å². The maximum atomic E-state index is 13.8. The topological polar surface area (TPSA) is 81.1 Å². The van der Waals surface area contributed by atoms with Crippen molar-refractivity contribution >= 4 is 62.7 Å². The van der Waals surface area contributed by atoms with Gasteiger partial charge >= 0.3 is 0 Å². The van der Waals surface area contributed by atoms with Crippen LogP contribution in [0.1, 0.15) is 30.0 Å². The number of halogens is 2. The predicted octanol–water partition coefficient (Wildman–Crippen LogP) is 5.23. The highest BCUT2D eigenvalue weighted by Crippen LogP contribution is 2.46. The molecular weight excluding hydrogens is 706 g/mol. The maximum Gasteiger partial charge on any atom is 0.264 e. The molecule has 1 aliphatic rings. The Morgan fingerprint density at radius 2 is 1.74 bits per heavy atom. The summed E-state index contributed by atoms with van der Waals surface area (Å²) in [6, 6.07) is 23.3. The normalized spacial score (nSPS) is 17.6. The fourth-order valence-electron chi connectivity index (χ4n) is 4.75. The van der Waals surface area contributed by atoms with Gasteiger partial charge in [-0.15, -0.1) is 0 Å². The van der Waals surface area contributed by atoms with Crippen LogP contribution in [0.3, 0.4) is 0 Å². The molecule has 1 aliphatic heterocycles. The molecule has 0 bridgehead atoms. The lowest BCUT2D eigenvalue weighted by Crippen LogP contribution is -2.44. The Balaban J connectivity index is 1.52. The molecule has 3 aromatic rings. The first kappa shape index (κ1) is 28.7. The van der Waals surface area contributed by atoms with Crippen molar-refractivity contribution in [2.24, 2.45) is 5.92 Å². The largest absolute Gasteiger partial charge is 0.395 e. The molecule has 0 saturated heterocycles. The summed E-state index contributed by atoms with van der Waals surface area (Å²) < 4.78 is 2.00. The number of aliphatic hydroxyl groups excluding tert-OH is 1. The lowest BCUT2D eigenvalue weighted by molar-refractivity contribution is -0.139. The third kappa shape index (κ3) is 6.30. The second-order valence-electron chi connectivity index (χ2n) is 9.39. The van der Waals surface area contributed by atoms with Crippen molar-refractivity contribution in [2.75, 3.05) is 18.1 Å². The van der Waals surface area contributed by atoms with Gasteiger partial charge in [-0.25, -0.2) is 0 Å². The number of carbonyl (C=O) groups excluding carboxylic acids is 2. The number of nitrogens with zero attached hydrogens (tertiary/aromatic N) is 2. The third-order valence-corrected chi connectivity index (χ3v) is 8.12. The average Bonchev–Trinajstić information content (AvgIpc) is 3.11. The van der Waals surface area contributed by atoms with Gasteiger partial charge in [-0.1, -0.05) is 61.5 Å². The zero-order valence-corrected chi connectivity index (χ0v) is 25.4. The Labute approximate surface area is 250 Å². The lowest BCUT2D eigenvalue weighted by atomic mass is 9.83. The SMILES string of the molecule is C[C@H](/C=C/CC(=O)N(CCO)Cc1ccccc1)[C@@]1(O)C(=O)N(Cc2cccc(I)c2)c2ccc(I)cc21. The highest BCUT2D eigenvalue weighted by molar-refractivity contribution is 14.1. The van der Waals surface area contributed by atoms with Gasteiger partial charge in [-0.05, 0) is 86.6 Å². The fraction of sp³-hybridized carbons (Fsp3) is 0.267. The smallest absolute Gasteiger partial charge is 0.264 e. The first-order chi connectivity index (χ1) is 18.2. The van der Waals surface area contributed by atoms with Gasteiger partial charge in [0.2, 0.25) is 5.91 Å². The minimum absolute atomic E-state index is 0.104. The van der Waals surface area contributed by atoms with Gasteiger partial charge < -0.3 is 20.0 Å². The van der Waals surface area contributed by atoms with Crippen LogP contribution in [0.4, 0.5) is 5.69 Å². The number of fused-ring (bicyclic) bond motifs is 1. The molecule has 0 unspecified atom stereocenters. The predicted molar refractivity (Wildman–Crippen MR) is 165 cm³/mol. The summed E-state index contributed by atoms with van der Waals surface area (Å²) in [6.07, 6.45) is 3.56. The van der Waals surface area contributed by atoms with E-state index >= 15 is 0 Å². The molecule has 0 aliphatic carbocycles. The highest BCUT2D eigenvalue weighted by atomic mass is 127. The van der Waals surface area contributed by atoms with Crippen LogP contribution < -0.4 is 4.90 Å². The van der Waals surface area contributed by atoms with Crippen LogP contribution >= 0.6 is 45.2 Å². The van der Waals surface area contributed by atoms with E-state index in [9.17, 15) is 19.8 Å². The quantitative estimate of drug-likeness (QED) is 0.221. The van der Waals surface area contributed by atoms with Crippen molar-refractivity contribution in [1.82, 2.24) is 4.90 Å².